The number of imidazole rings is 1. The van der Waals surface area contributed by atoms with Crippen molar-refractivity contribution < 1.29 is 0 Å². The van der Waals surface area contributed by atoms with E-state index in [1.165, 1.54) is 0 Å². The molecule has 0 aliphatic heterocycles. The predicted octanol–water partition coefficient (Wildman–Crippen LogP) is 2.34. The first kappa shape index (κ1) is 10.7. The molecule has 1 rings (SSSR count). The van der Waals surface area contributed by atoms with Crippen LogP contribution in [0, 0.1) is 11.8 Å². The lowest BCUT2D eigenvalue weighted by atomic mass is 10.3. The molecular formula is C9H16N4O. The van der Waals surface area contributed by atoms with Crippen molar-refractivity contribution in [3.63, 3.8) is 0 Å². The average molecular weight is 196 g/mol. The summed E-state index contributed by atoms with van der Waals surface area (Å²) in [6.07, 6.45) is 2.19. The van der Waals surface area contributed by atoms with E-state index < -0.39 is 0 Å². The van der Waals surface area contributed by atoms with E-state index in [0.29, 0.717) is 5.82 Å². The summed E-state index contributed by atoms with van der Waals surface area (Å²) < 4.78 is 1.84. The zero-order chi connectivity index (χ0) is 10.6. The van der Waals surface area contributed by atoms with E-state index in [1.807, 2.05) is 18.5 Å². The number of aromatic nitrogens is 2. The van der Waals surface area contributed by atoms with E-state index in [0.717, 1.165) is 25.2 Å². The molecule has 1 heterocycles. The minimum atomic E-state index is 0.251. The number of aryl methyl sites for hydroxylation is 1. The first-order chi connectivity index (χ1) is 6.70. The molecule has 1 aromatic rings. The summed E-state index contributed by atoms with van der Waals surface area (Å²) in [5, 5.41) is 6.05. The second-order valence-electron chi connectivity index (χ2n) is 3.26. The Morgan fingerprint density at radius 2 is 2.29 bits per heavy atom. The van der Waals surface area contributed by atoms with Crippen LogP contribution in [0.1, 0.15) is 25.6 Å². The second kappa shape index (κ2) is 4.74. The first-order valence-corrected chi connectivity index (χ1v) is 4.81. The molecule has 0 bridgehead atoms. The third-order valence-corrected chi connectivity index (χ3v) is 2.21. The lowest BCUT2D eigenvalue weighted by molar-refractivity contribution is 0.808. The van der Waals surface area contributed by atoms with Crippen molar-refractivity contribution in [1.82, 2.24) is 9.55 Å². The highest BCUT2D eigenvalue weighted by molar-refractivity contribution is 5.57. The lowest BCUT2D eigenvalue weighted by Gasteiger charge is -2.06. The Hall–Kier alpha value is -1.39. The van der Waals surface area contributed by atoms with Gasteiger partial charge in [-0.3, -0.25) is 0 Å². The van der Waals surface area contributed by atoms with Crippen molar-refractivity contribution in [2.75, 3.05) is 11.9 Å². The number of anilines is 1. The van der Waals surface area contributed by atoms with Crippen LogP contribution in [0.2, 0.25) is 0 Å². The van der Waals surface area contributed by atoms with Gasteiger partial charge in [0.15, 0.2) is 5.82 Å². The SMILES string of the molecule is CCCCNc1c(N=O)nc(C)n1C. The highest BCUT2D eigenvalue weighted by Gasteiger charge is 2.11. The van der Waals surface area contributed by atoms with Crippen LogP contribution >= 0.6 is 0 Å². The van der Waals surface area contributed by atoms with Crippen molar-refractivity contribution in [1.29, 1.82) is 0 Å². The molecule has 0 aliphatic rings. The number of rotatable bonds is 5. The molecule has 0 spiro atoms. The van der Waals surface area contributed by atoms with Gasteiger partial charge in [0.1, 0.15) is 5.82 Å². The topological polar surface area (TPSA) is 59.3 Å². The Labute approximate surface area is 83.5 Å². The third-order valence-electron chi connectivity index (χ3n) is 2.21. The number of nitrogens with one attached hydrogen (secondary N) is 1. The van der Waals surface area contributed by atoms with Crippen LogP contribution in [-0.2, 0) is 7.05 Å². The summed E-state index contributed by atoms with van der Waals surface area (Å²) in [5.41, 5.74) is 0. The summed E-state index contributed by atoms with van der Waals surface area (Å²) in [5.74, 6) is 1.76. The number of hydrogen-bond donors (Lipinski definition) is 1. The molecule has 0 atom stereocenters. The summed E-state index contributed by atoms with van der Waals surface area (Å²) in [6.45, 7) is 4.81. The monoisotopic (exact) mass is 196 g/mol. The third kappa shape index (κ3) is 2.10. The smallest absolute Gasteiger partial charge is 0.239 e. The van der Waals surface area contributed by atoms with E-state index in [9.17, 15) is 4.91 Å². The first-order valence-electron chi connectivity index (χ1n) is 4.81. The maximum absolute atomic E-state index is 10.5. The van der Waals surface area contributed by atoms with E-state index >= 15 is 0 Å². The van der Waals surface area contributed by atoms with Gasteiger partial charge in [0.2, 0.25) is 5.82 Å². The molecule has 14 heavy (non-hydrogen) atoms. The Morgan fingerprint density at radius 3 is 2.86 bits per heavy atom. The van der Waals surface area contributed by atoms with Crippen molar-refractivity contribution >= 4 is 11.6 Å². The van der Waals surface area contributed by atoms with Crippen LogP contribution in [0.25, 0.3) is 0 Å². The molecule has 0 aromatic carbocycles. The fourth-order valence-corrected chi connectivity index (χ4v) is 1.24. The van der Waals surface area contributed by atoms with Gasteiger partial charge in [-0.05, 0) is 18.5 Å². The largest absolute Gasteiger partial charge is 0.368 e. The average Bonchev–Trinajstić information content (AvgIpc) is 2.45. The van der Waals surface area contributed by atoms with Crippen LogP contribution in [0.15, 0.2) is 5.18 Å². The number of hydrogen-bond acceptors (Lipinski definition) is 4. The van der Waals surface area contributed by atoms with Crippen molar-refractivity contribution in [2.24, 2.45) is 12.2 Å². The van der Waals surface area contributed by atoms with E-state index in [1.54, 1.807) is 0 Å². The lowest BCUT2D eigenvalue weighted by Crippen LogP contribution is -2.05. The predicted molar refractivity (Wildman–Crippen MR) is 56.8 cm³/mol. The van der Waals surface area contributed by atoms with Crippen LogP contribution in [0.5, 0.6) is 0 Å². The molecule has 0 fully saturated rings. The van der Waals surface area contributed by atoms with Crippen molar-refractivity contribution in [3.8, 4) is 0 Å². The van der Waals surface area contributed by atoms with Gasteiger partial charge in [-0.15, -0.1) is 4.91 Å². The van der Waals surface area contributed by atoms with Crippen LogP contribution in [0.3, 0.4) is 0 Å². The highest BCUT2D eigenvalue weighted by atomic mass is 16.3. The number of nitrogens with zero attached hydrogens (tertiary/aromatic N) is 3. The van der Waals surface area contributed by atoms with Gasteiger partial charge in [-0.2, -0.15) is 0 Å². The maximum atomic E-state index is 10.5. The molecule has 1 N–H and O–H groups in total. The molecule has 5 nitrogen and oxygen atoms in total. The molecular weight excluding hydrogens is 180 g/mol. The van der Waals surface area contributed by atoms with Gasteiger partial charge in [0, 0.05) is 13.6 Å². The molecule has 0 amide bonds. The molecule has 1 aromatic heterocycles. The zero-order valence-corrected chi connectivity index (χ0v) is 8.87. The van der Waals surface area contributed by atoms with Gasteiger partial charge in [0.25, 0.3) is 0 Å². The molecule has 0 unspecified atom stereocenters. The van der Waals surface area contributed by atoms with Gasteiger partial charge in [0.05, 0.1) is 0 Å². The molecule has 0 saturated heterocycles. The van der Waals surface area contributed by atoms with E-state index in [2.05, 4.69) is 22.4 Å². The number of nitroso groups, excluding NO2 is 1. The minimum absolute atomic E-state index is 0.251. The molecule has 0 aliphatic carbocycles. The molecule has 0 saturated carbocycles. The number of unbranched alkanes of at least 4 members (excludes halogenated alkanes) is 1. The van der Waals surface area contributed by atoms with Gasteiger partial charge in [-0.1, -0.05) is 13.3 Å². The maximum Gasteiger partial charge on any atom is 0.239 e. The molecule has 5 heteroatoms. The fraction of sp³-hybridized carbons (Fsp3) is 0.667. The minimum Gasteiger partial charge on any atom is -0.368 e. The Balaban J connectivity index is 2.77. The second-order valence-corrected chi connectivity index (χ2v) is 3.26. The Morgan fingerprint density at radius 1 is 1.57 bits per heavy atom. The molecule has 0 radical (unpaired) electrons. The summed E-state index contributed by atoms with van der Waals surface area (Å²) in [4.78, 5) is 14.5. The van der Waals surface area contributed by atoms with Crippen molar-refractivity contribution in [2.45, 2.75) is 26.7 Å². The van der Waals surface area contributed by atoms with Gasteiger partial charge >= 0.3 is 0 Å². The molecule has 78 valence electrons. The standard InChI is InChI=1S/C9H16N4O/c1-4-5-6-10-9-8(12-14)11-7(2)13(9)3/h10H,4-6H2,1-3H3. The van der Waals surface area contributed by atoms with E-state index in [-0.39, 0.29) is 5.82 Å². The van der Waals surface area contributed by atoms with Crippen LogP contribution in [0.4, 0.5) is 11.6 Å². The van der Waals surface area contributed by atoms with Crippen LogP contribution in [-0.4, -0.2) is 16.1 Å². The highest BCUT2D eigenvalue weighted by Crippen LogP contribution is 2.23. The van der Waals surface area contributed by atoms with Crippen molar-refractivity contribution in [3.05, 3.63) is 10.7 Å². The fourth-order valence-electron chi connectivity index (χ4n) is 1.24. The normalized spacial score (nSPS) is 10.2. The van der Waals surface area contributed by atoms with E-state index in [4.69, 9.17) is 0 Å². The quantitative estimate of drug-likeness (QED) is 0.580. The Bertz CT molecular complexity index is 319. The summed E-state index contributed by atoms with van der Waals surface area (Å²) >= 11 is 0. The van der Waals surface area contributed by atoms with Gasteiger partial charge < -0.3 is 9.88 Å². The summed E-state index contributed by atoms with van der Waals surface area (Å²) in [6, 6.07) is 0. The van der Waals surface area contributed by atoms with Gasteiger partial charge in [-0.25, -0.2) is 4.98 Å². The summed E-state index contributed by atoms with van der Waals surface area (Å²) in [7, 11) is 1.87. The van der Waals surface area contributed by atoms with Crippen LogP contribution < -0.4 is 5.32 Å². The zero-order valence-electron chi connectivity index (χ0n) is 8.87. The Kier molecular flexibility index (Phi) is 3.62.